The van der Waals surface area contributed by atoms with Crippen molar-refractivity contribution >= 4 is 5.78 Å². The molecule has 0 bridgehead atoms. The molecule has 2 nitrogen and oxygen atoms in total. The number of rotatable bonds is 7. The summed E-state index contributed by atoms with van der Waals surface area (Å²) in [4.78, 5) is 12.3. The molecule has 0 N–H and O–H groups in total. The molecule has 1 fully saturated rings. The van der Waals surface area contributed by atoms with Gasteiger partial charge >= 0.3 is 0 Å². The molecule has 2 rings (SSSR count). The van der Waals surface area contributed by atoms with Gasteiger partial charge in [-0.05, 0) is 44.6 Å². The Morgan fingerprint density at radius 2 is 2.00 bits per heavy atom. The average Bonchev–Trinajstić information content (AvgIpc) is 2.72. The molecule has 0 amide bonds. The Morgan fingerprint density at radius 3 is 2.62 bits per heavy atom. The number of fused-ring (bicyclic) bond motifs is 1. The van der Waals surface area contributed by atoms with Crippen LogP contribution in [-0.4, -0.2) is 18.0 Å². The van der Waals surface area contributed by atoms with Gasteiger partial charge in [-0.25, -0.2) is 0 Å². The maximum atomic E-state index is 12.3. The topological polar surface area (TPSA) is 26.3 Å². The monoisotopic (exact) mass is 292 g/mol. The second kappa shape index (κ2) is 6.64. The number of ketones is 1. The number of carbonyl (C=O) groups is 1. The zero-order valence-electron chi connectivity index (χ0n) is 14.3. The first-order chi connectivity index (χ1) is 10.0. The lowest BCUT2D eigenvalue weighted by Crippen LogP contribution is -2.48. The van der Waals surface area contributed by atoms with Gasteiger partial charge in [0.15, 0.2) is 5.78 Å². The van der Waals surface area contributed by atoms with Gasteiger partial charge in [-0.2, -0.15) is 0 Å². The summed E-state index contributed by atoms with van der Waals surface area (Å²) in [5.41, 5.74) is 1.41. The van der Waals surface area contributed by atoms with Crippen LogP contribution in [0.5, 0.6) is 0 Å². The fourth-order valence-corrected chi connectivity index (χ4v) is 4.61. The Kier molecular flexibility index (Phi) is 5.29. The first-order valence-electron chi connectivity index (χ1n) is 8.91. The van der Waals surface area contributed by atoms with Gasteiger partial charge in [-0.1, -0.05) is 46.1 Å². The standard InChI is InChI=1S/C19H32O2/c1-5-8-15-14-18(4)16(13-17(15)20)9-11-19(18,10-6-2)21-12-7-3/h13,15H,5-12,14H2,1-4H3. The molecule has 1 saturated carbocycles. The third kappa shape index (κ3) is 2.84. The van der Waals surface area contributed by atoms with Crippen LogP contribution in [-0.2, 0) is 9.53 Å². The fraction of sp³-hybridized carbons (Fsp3) is 0.842. The van der Waals surface area contributed by atoms with Crippen molar-refractivity contribution < 1.29 is 9.53 Å². The third-order valence-electron chi connectivity index (χ3n) is 5.76. The van der Waals surface area contributed by atoms with Gasteiger partial charge in [0.2, 0.25) is 0 Å². The lowest BCUT2D eigenvalue weighted by Gasteiger charge is -2.47. The van der Waals surface area contributed by atoms with Crippen LogP contribution in [0, 0.1) is 11.3 Å². The quantitative estimate of drug-likeness (QED) is 0.655. The highest BCUT2D eigenvalue weighted by molar-refractivity contribution is 5.94. The highest BCUT2D eigenvalue weighted by Crippen LogP contribution is 2.59. The van der Waals surface area contributed by atoms with Gasteiger partial charge in [0.1, 0.15) is 0 Å². The van der Waals surface area contributed by atoms with Gasteiger partial charge in [-0.15, -0.1) is 0 Å². The Hall–Kier alpha value is -0.630. The molecule has 120 valence electrons. The van der Waals surface area contributed by atoms with Crippen molar-refractivity contribution in [3.8, 4) is 0 Å². The summed E-state index contributed by atoms with van der Waals surface area (Å²) < 4.78 is 6.46. The third-order valence-corrected chi connectivity index (χ3v) is 5.76. The van der Waals surface area contributed by atoms with E-state index in [1.807, 2.05) is 6.08 Å². The van der Waals surface area contributed by atoms with Crippen LogP contribution in [0.1, 0.15) is 79.1 Å². The van der Waals surface area contributed by atoms with E-state index < -0.39 is 0 Å². The molecule has 21 heavy (non-hydrogen) atoms. The van der Waals surface area contributed by atoms with E-state index in [-0.39, 0.29) is 16.9 Å². The molecular weight excluding hydrogens is 260 g/mol. The molecule has 0 aliphatic heterocycles. The summed E-state index contributed by atoms with van der Waals surface area (Å²) in [5, 5.41) is 0. The highest BCUT2D eigenvalue weighted by atomic mass is 16.5. The Labute approximate surface area is 130 Å². The van der Waals surface area contributed by atoms with E-state index in [9.17, 15) is 4.79 Å². The van der Waals surface area contributed by atoms with Crippen LogP contribution in [0.15, 0.2) is 11.6 Å². The van der Waals surface area contributed by atoms with E-state index in [4.69, 9.17) is 4.74 Å². The fourth-order valence-electron chi connectivity index (χ4n) is 4.61. The van der Waals surface area contributed by atoms with E-state index in [0.29, 0.717) is 5.78 Å². The first-order valence-corrected chi connectivity index (χ1v) is 8.91. The number of hydrogen-bond acceptors (Lipinski definition) is 2. The smallest absolute Gasteiger partial charge is 0.158 e. The Bertz CT molecular complexity index is 412. The van der Waals surface area contributed by atoms with Crippen LogP contribution >= 0.6 is 0 Å². The highest BCUT2D eigenvalue weighted by Gasteiger charge is 2.57. The van der Waals surface area contributed by atoms with Crippen LogP contribution in [0.2, 0.25) is 0 Å². The van der Waals surface area contributed by atoms with Crippen molar-refractivity contribution in [1.82, 2.24) is 0 Å². The van der Waals surface area contributed by atoms with E-state index in [2.05, 4.69) is 27.7 Å². The van der Waals surface area contributed by atoms with E-state index in [0.717, 1.165) is 58.0 Å². The normalized spacial score (nSPS) is 35.7. The predicted octanol–water partition coefficient (Wildman–Crippen LogP) is 5.07. The van der Waals surface area contributed by atoms with Gasteiger partial charge in [0.25, 0.3) is 0 Å². The summed E-state index contributed by atoms with van der Waals surface area (Å²) in [5.74, 6) is 0.579. The SMILES string of the molecule is CCCOC1(CCC)CCC2=CC(=O)C(CCC)CC21C. The van der Waals surface area contributed by atoms with Crippen molar-refractivity contribution in [3.63, 3.8) is 0 Å². The number of allylic oxidation sites excluding steroid dienone is 1. The van der Waals surface area contributed by atoms with Gasteiger partial charge < -0.3 is 4.74 Å². The van der Waals surface area contributed by atoms with Crippen LogP contribution in [0.3, 0.4) is 0 Å². The second-order valence-corrected chi connectivity index (χ2v) is 7.19. The summed E-state index contributed by atoms with van der Waals surface area (Å²) >= 11 is 0. The van der Waals surface area contributed by atoms with Crippen molar-refractivity contribution in [2.75, 3.05) is 6.61 Å². The summed E-state index contributed by atoms with van der Waals surface area (Å²) in [6.07, 6.45) is 10.6. The molecule has 0 spiro atoms. The van der Waals surface area contributed by atoms with E-state index in [1.165, 1.54) is 5.57 Å². The minimum absolute atomic E-state index is 0.0315. The summed E-state index contributed by atoms with van der Waals surface area (Å²) in [6.45, 7) is 9.81. The van der Waals surface area contributed by atoms with Crippen molar-refractivity contribution in [3.05, 3.63) is 11.6 Å². The van der Waals surface area contributed by atoms with Gasteiger partial charge in [-0.3, -0.25) is 4.79 Å². The summed E-state index contributed by atoms with van der Waals surface area (Å²) in [7, 11) is 0. The Morgan fingerprint density at radius 1 is 1.24 bits per heavy atom. The lowest BCUT2D eigenvalue weighted by molar-refractivity contribution is -0.131. The molecular formula is C19H32O2. The molecule has 3 unspecified atom stereocenters. The van der Waals surface area contributed by atoms with Crippen LogP contribution in [0.25, 0.3) is 0 Å². The lowest BCUT2D eigenvalue weighted by atomic mass is 9.62. The molecule has 2 aliphatic carbocycles. The molecule has 0 aromatic carbocycles. The minimum Gasteiger partial charge on any atom is -0.374 e. The molecule has 3 atom stereocenters. The minimum atomic E-state index is -0.0315. The Balaban J connectivity index is 2.33. The van der Waals surface area contributed by atoms with E-state index >= 15 is 0 Å². The number of ether oxygens (including phenoxy) is 1. The van der Waals surface area contributed by atoms with E-state index in [1.54, 1.807) is 0 Å². The number of hydrogen-bond donors (Lipinski definition) is 0. The van der Waals surface area contributed by atoms with Gasteiger partial charge in [0, 0.05) is 17.9 Å². The zero-order chi connectivity index (χ0) is 15.5. The average molecular weight is 292 g/mol. The number of carbonyl (C=O) groups excluding carboxylic acids is 1. The summed E-state index contributed by atoms with van der Waals surface area (Å²) in [6, 6.07) is 0. The van der Waals surface area contributed by atoms with Crippen molar-refractivity contribution in [2.24, 2.45) is 11.3 Å². The zero-order valence-corrected chi connectivity index (χ0v) is 14.3. The van der Waals surface area contributed by atoms with Gasteiger partial charge in [0.05, 0.1) is 5.60 Å². The molecule has 0 radical (unpaired) electrons. The molecule has 0 aromatic rings. The molecule has 2 heteroatoms. The predicted molar refractivity (Wildman–Crippen MR) is 87.3 cm³/mol. The molecule has 0 saturated heterocycles. The largest absolute Gasteiger partial charge is 0.374 e. The van der Waals surface area contributed by atoms with Crippen LogP contribution < -0.4 is 0 Å². The van der Waals surface area contributed by atoms with Crippen molar-refractivity contribution in [2.45, 2.75) is 84.7 Å². The molecule has 0 aromatic heterocycles. The second-order valence-electron chi connectivity index (χ2n) is 7.19. The molecule has 0 heterocycles. The first kappa shape index (κ1) is 16.7. The maximum Gasteiger partial charge on any atom is 0.158 e. The van der Waals surface area contributed by atoms with Crippen molar-refractivity contribution in [1.29, 1.82) is 0 Å². The van der Waals surface area contributed by atoms with Crippen LogP contribution in [0.4, 0.5) is 0 Å². The maximum absolute atomic E-state index is 12.3. The molecule has 2 aliphatic rings.